The predicted molar refractivity (Wildman–Crippen MR) is 228 cm³/mol. The third-order valence-electron chi connectivity index (χ3n) is 9.23. The highest BCUT2D eigenvalue weighted by Gasteiger charge is 2.20. The van der Waals surface area contributed by atoms with E-state index in [9.17, 15) is 25.3 Å². The number of rotatable bonds is 14. The zero-order chi connectivity index (χ0) is 42.5. The van der Waals surface area contributed by atoms with E-state index in [1.54, 1.807) is 158 Å². The average molecular weight is 867 g/mol. The molecule has 0 spiro atoms. The van der Waals surface area contributed by atoms with E-state index in [4.69, 9.17) is 18.9 Å². The monoisotopic (exact) mass is 866 g/mol. The van der Waals surface area contributed by atoms with Crippen LogP contribution in [0.5, 0.6) is 46.0 Å². The van der Waals surface area contributed by atoms with Crippen molar-refractivity contribution in [3.63, 3.8) is 0 Å². The summed E-state index contributed by atoms with van der Waals surface area (Å²) in [6, 6.07) is 54.5. The Morgan fingerprint density at radius 3 is 0.525 bits per heavy atom. The highest BCUT2D eigenvalue weighted by Crippen LogP contribution is 2.32. The first-order valence-electron chi connectivity index (χ1n) is 18.6. The minimum absolute atomic E-state index is 0.0860. The summed E-state index contributed by atoms with van der Waals surface area (Å²) in [5.41, 5.74) is 0. The number of hydrogen-bond acceptors (Lipinski definition) is 10. The summed E-state index contributed by atoms with van der Waals surface area (Å²) >= 11 is 0. The van der Waals surface area contributed by atoms with Crippen LogP contribution in [-0.2, 0) is 29.5 Å². The van der Waals surface area contributed by atoms with Gasteiger partial charge in [0.1, 0.15) is 46.0 Å². The Balaban J connectivity index is 0.832. The van der Waals surface area contributed by atoms with Crippen LogP contribution in [-0.4, -0.2) is 25.3 Å². The SMILES string of the molecule is O=S(=O)(c1ccccc1)c1ccc(Oc2ccc(Oc3ccc(S(=O)(=O)c4ccc(Oc5ccc(Oc6ccc(S(=O)(=O)c7ccccc7)cc6)cc5)cc4)cc3)cc2)cc1. The van der Waals surface area contributed by atoms with Gasteiger partial charge in [0.05, 0.1) is 29.4 Å². The molecule has 0 atom stereocenters. The molecule has 0 N–H and O–H groups in total. The Hall–Kier alpha value is -7.19. The van der Waals surface area contributed by atoms with E-state index in [-0.39, 0.29) is 29.4 Å². The zero-order valence-electron chi connectivity index (χ0n) is 31.9. The lowest BCUT2D eigenvalue weighted by Crippen LogP contribution is -2.02. The molecule has 0 aromatic heterocycles. The van der Waals surface area contributed by atoms with Crippen molar-refractivity contribution in [2.45, 2.75) is 29.4 Å². The maximum Gasteiger partial charge on any atom is 0.206 e. The van der Waals surface area contributed by atoms with Crippen molar-refractivity contribution in [2.24, 2.45) is 0 Å². The van der Waals surface area contributed by atoms with E-state index in [0.717, 1.165) is 0 Å². The van der Waals surface area contributed by atoms with Crippen LogP contribution in [0.3, 0.4) is 0 Å². The molecule has 8 aromatic carbocycles. The van der Waals surface area contributed by atoms with Gasteiger partial charge in [-0.25, -0.2) is 25.3 Å². The van der Waals surface area contributed by atoms with E-state index in [1.165, 1.54) is 48.5 Å². The molecule has 0 fully saturated rings. The number of hydrogen-bond donors (Lipinski definition) is 0. The van der Waals surface area contributed by atoms with Crippen LogP contribution >= 0.6 is 0 Å². The Labute approximate surface area is 353 Å². The second-order valence-electron chi connectivity index (χ2n) is 13.4. The second-order valence-corrected chi connectivity index (χ2v) is 19.2. The molecule has 0 aliphatic carbocycles. The Morgan fingerprint density at radius 1 is 0.197 bits per heavy atom. The quantitative estimate of drug-likeness (QED) is 0.104. The molecule has 8 aromatic rings. The maximum absolute atomic E-state index is 13.4. The van der Waals surface area contributed by atoms with E-state index in [2.05, 4.69) is 0 Å². The topological polar surface area (TPSA) is 139 Å². The summed E-state index contributed by atoms with van der Waals surface area (Å²) in [7, 11) is -11.1. The van der Waals surface area contributed by atoms with Crippen LogP contribution in [0, 0.1) is 0 Å². The first kappa shape index (κ1) is 40.6. The molecule has 61 heavy (non-hydrogen) atoms. The fourth-order valence-corrected chi connectivity index (χ4v) is 9.88. The average Bonchev–Trinajstić information content (AvgIpc) is 3.29. The lowest BCUT2D eigenvalue weighted by atomic mass is 10.3. The van der Waals surface area contributed by atoms with Gasteiger partial charge in [-0.3, -0.25) is 0 Å². The molecule has 13 heteroatoms. The molecule has 0 saturated heterocycles. The Bertz CT molecular complexity index is 2880. The molecule has 0 heterocycles. The summed E-state index contributed by atoms with van der Waals surface area (Å²) < 4.78 is 102. The largest absolute Gasteiger partial charge is 0.457 e. The van der Waals surface area contributed by atoms with Crippen LogP contribution < -0.4 is 18.9 Å². The fraction of sp³-hybridized carbons (Fsp3) is 0. The van der Waals surface area contributed by atoms with Crippen molar-refractivity contribution in [3.8, 4) is 46.0 Å². The van der Waals surface area contributed by atoms with Gasteiger partial charge < -0.3 is 18.9 Å². The molecule has 0 aliphatic heterocycles. The molecule has 8 rings (SSSR count). The maximum atomic E-state index is 13.4. The summed E-state index contributed by atoms with van der Waals surface area (Å²) in [5, 5.41) is 0. The van der Waals surface area contributed by atoms with Crippen molar-refractivity contribution in [1.82, 2.24) is 0 Å². The molecule has 0 amide bonds. The Morgan fingerprint density at radius 2 is 0.344 bits per heavy atom. The summed E-state index contributed by atoms with van der Waals surface area (Å²) in [6.07, 6.45) is 0. The summed E-state index contributed by atoms with van der Waals surface area (Å²) in [6.45, 7) is 0. The summed E-state index contributed by atoms with van der Waals surface area (Å²) in [5.74, 6) is 3.77. The van der Waals surface area contributed by atoms with Gasteiger partial charge in [-0.2, -0.15) is 0 Å². The van der Waals surface area contributed by atoms with Crippen LogP contribution in [0.1, 0.15) is 0 Å². The first-order valence-corrected chi connectivity index (χ1v) is 23.1. The molecular weight excluding hydrogens is 833 g/mol. The lowest BCUT2D eigenvalue weighted by Gasteiger charge is -2.11. The molecule has 0 unspecified atom stereocenters. The minimum Gasteiger partial charge on any atom is -0.457 e. The smallest absolute Gasteiger partial charge is 0.206 e. The van der Waals surface area contributed by atoms with E-state index >= 15 is 0 Å². The number of benzene rings is 8. The van der Waals surface area contributed by atoms with Crippen molar-refractivity contribution in [3.05, 3.63) is 206 Å². The molecule has 304 valence electrons. The van der Waals surface area contributed by atoms with E-state index in [1.807, 2.05) is 0 Å². The van der Waals surface area contributed by atoms with Crippen molar-refractivity contribution in [1.29, 1.82) is 0 Å². The van der Waals surface area contributed by atoms with Gasteiger partial charge in [-0.1, -0.05) is 36.4 Å². The number of ether oxygens (including phenoxy) is 4. The van der Waals surface area contributed by atoms with Gasteiger partial charge in [0.2, 0.25) is 29.5 Å². The predicted octanol–water partition coefficient (Wildman–Crippen LogP) is 11.4. The highest BCUT2D eigenvalue weighted by molar-refractivity contribution is 7.92. The zero-order valence-corrected chi connectivity index (χ0v) is 34.4. The third-order valence-corrected chi connectivity index (χ3v) is 14.6. The molecule has 0 aliphatic rings. The van der Waals surface area contributed by atoms with Crippen LogP contribution in [0.15, 0.2) is 236 Å². The van der Waals surface area contributed by atoms with Gasteiger partial charge in [0, 0.05) is 0 Å². The molecule has 10 nitrogen and oxygen atoms in total. The van der Waals surface area contributed by atoms with Crippen molar-refractivity contribution >= 4 is 29.5 Å². The minimum atomic E-state index is -3.85. The van der Waals surface area contributed by atoms with E-state index < -0.39 is 29.5 Å². The number of sulfone groups is 3. The first-order chi connectivity index (χ1) is 29.4. The van der Waals surface area contributed by atoms with Crippen molar-refractivity contribution in [2.75, 3.05) is 0 Å². The van der Waals surface area contributed by atoms with Gasteiger partial charge in [-0.15, -0.1) is 0 Å². The van der Waals surface area contributed by atoms with E-state index in [0.29, 0.717) is 46.0 Å². The normalized spacial score (nSPS) is 11.7. The van der Waals surface area contributed by atoms with Gasteiger partial charge in [0.15, 0.2) is 0 Å². The standard InChI is InChI=1S/C48H34O10S3/c49-59(50,43-7-3-1-4-8-43)45-27-19-39(20-28-45)55-35-11-15-37(16-12-35)57-41-23-31-47(32-24-41)61(53,54)48-33-25-42(26-34-48)58-38-17-13-36(14-18-38)56-40-21-29-46(30-22-40)60(51,52)44-9-5-2-6-10-44/h1-34H. The second kappa shape index (κ2) is 17.2. The molecule has 0 bridgehead atoms. The van der Waals surface area contributed by atoms with Gasteiger partial charge in [-0.05, 0) is 170 Å². The Kier molecular flexibility index (Phi) is 11.4. The molecule has 0 radical (unpaired) electrons. The van der Waals surface area contributed by atoms with Crippen LogP contribution in [0.25, 0.3) is 0 Å². The fourth-order valence-electron chi connectivity index (χ4n) is 6.05. The van der Waals surface area contributed by atoms with Crippen molar-refractivity contribution < 1.29 is 44.2 Å². The third kappa shape index (κ3) is 9.34. The van der Waals surface area contributed by atoms with Crippen LogP contribution in [0.4, 0.5) is 0 Å². The van der Waals surface area contributed by atoms with Crippen LogP contribution in [0.2, 0.25) is 0 Å². The highest BCUT2D eigenvalue weighted by atomic mass is 32.2. The lowest BCUT2D eigenvalue weighted by molar-refractivity contribution is 0.468. The molecule has 0 saturated carbocycles. The summed E-state index contributed by atoms with van der Waals surface area (Å²) in [4.78, 5) is 0.919. The van der Waals surface area contributed by atoms with Gasteiger partial charge in [0.25, 0.3) is 0 Å². The van der Waals surface area contributed by atoms with Gasteiger partial charge >= 0.3 is 0 Å². The molecular formula is C48H34O10S3.